The molecule has 0 radical (unpaired) electrons. The Morgan fingerprint density at radius 1 is 1.00 bits per heavy atom. The van der Waals surface area contributed by atoms with Gasteiger partial charge in [-0.15, -0.1) is 11.8 Å². The number of carbonyl (C=O) groups excluding carboxylic acids is 1. The number of hydrogen-bond acceptors (Lipinski definition) is 4. The van der Waals surface area contributed by atoms with Gasteiger partial charge in [0.1, 0.15) is 0 Å². The van der Waals surface area contributed by atoms with Crippen molar-refractivity contribution in [2.45, 2.75) is 11.3 Å². The van der Waals surface area contributed by atoms with E-state index in [0.29, 0.717) is 24.4 Å². The highest BCUT2D eigenvalue weighted by Crippen LogP contribution is 2.19. The topological polar surface area (TPSA) is 54.9 Å². The number of nitrogens with zero attached hydrogens (tertiary/aromatic N) is 2. The van der Waals surface area contributed by atoms with Crippen LogP contribution in [-0.4, -0.2) is 28.7 Å². The van der Waals surface area contributed by atoms with Crippen molar-refractivity contribution in [2.75, 3.05) is 12.8 Å². The molecule has 0 bridgehead atoms. The van der Waals surface area contributed by atoms with Crippen LogP contribution in [0.5, 0.6) is 0 Å². The molecule has 0 aliphatic rings. The Hall–Kier alpha value is -2.66. The quantitative estimate of drug-likeness (QED) is 0.687. The molecule has 1 heterocycles. The summed E-state index contributed by atoms with van der Waals surface area (Å²) in [6, 6.07) is 17.5. The van der Waals surface area contributed by atoms with Crippen molar-refractivity contribution in [3.8, 4) is 11.4 Å². The maximum Gasteiger partial charge on any atom is 0.252 e. The van der Waals surface area contributed by atoms with E-state index in [1.165, 1.54) is 0 Å². The van der Waals surface area contributed by atoms with E-state index in [4.69, 9.17) is 0 Å². The van der Waals surface area contributed by atoms with E-state index in [2.05, 4.69) is 15.3 Å². The van der Waals surface area contributed by atoms with Gasteiger partial charge < -0.3 is 5.32 Å². The van der Waals surface area contributed by atoms with Crippen molar-refractivity contribution in [3.63, 3.8) is 0 Å². The monoisotopic (exact) mass is 349 g/mol. The van der Waals surface area contributed by atoms with Gasteiger partial charge in [0.05, 0.1) is 5.56 Å². The second kappa shape index (κ2) is 8.44. The summed E-state index contributed by atoms with van der Waals surface area (Å²) < 4.78 is 0. The molecule has 2 aromatic carbocycles. The zero-order valence-electron chi connectivity index (χ0n) is 14.0. The number of aromatic nitrogens is 2. The van der Waals surface area contributed by atoms with Gasteiger partial charge in [0.15, 0.2) is 5.82 Å². The van der Waals surface area contributed by atoms with Crippen LogP contribution in [0.1, 0.15) is 15.9 Å². The van der Waals surface area contributed by atoms with Gasteiger partial charge in [0, 0.05) is 29.4 Å². The van der Waals surface area contributed by atoms with Gasteiger partial charge in [0.2, 0.25) is 0 Å². The molecular weight excluding hydrogens is 330 g/mol. The van der Waals surface area contributed by atoms with Crippen LogP contribution in [0.25, 0.3) is 11.4 Å². The fraction of sp³-hybridized carbons (Fsp3) is 0.150. The summed E-state index contributed by atoms with van der Waals surface area (Å²) in [5.41, 5.74) is 2.71. The highest BCUT2D eigenvalue weighted by Gasteiger charge is 2.09. The molecule has 0 fully saturated rings. The normalized spacial score (nSPS) is 10.4. The lowest BCUT2D eigenvalue weighted by molar-refractivity contribution is 0.0951. The highest BCUT2D eigenvalue weighted by atomic mass is 32.2. The zero-order valence-corrected chi connectivity index (χ0v) is 14.8. The van der Waals surface area contributed by atoms with Crippen LogP contribution in [0.2, 0.25) is 0 Å². The van der Waals surface area contributed by atoms with Gasteiger partial charge in [-0.1, -0.05) is 42.5 Å². The van der Waals surface area contributed by atoms with E-state index in [1.54, 1.807) is 11.8 Å². The standard InChI is InChI=1S/C20H19N3OS/c1-25-18-10-6-5-9-17(18)20(24)21-12-11-15-13-22-19(23-14-15)16-7-3-2-4-8-16/h2-10,13-14H,11-12H2,1H3,(H,21,24). The van der Waals surface area contributed by atoms with E-state index >= 15 is 0 Å². The Kier molecular flexibility index (Phi) is 5.80. The van der Waals surface area contributed by atoms with E-state index in [9.17, 15) is 4.79 Å². The Labute approximate surface area is 151 Å². The Morgan fingerprint density at radius 2 is 1.68 bits per heavy atom. The summed E-state index contributed by atoms with van der Waals surface area (Å²) in [7, 11) is 0. The van der Waals surface area contributed by atoms with E-state index < -0.39 is 0 Å². The molecule has 1 N–H and O–H groups in total. The van der Waals surface area contributed by atoms with E-state index in [1.807, 2.05) is 73.2 Å². The van der Waals surface area contributed by atoms with Crippen molar-refractivity contribution < 1.29 is 4.79 Å². The second-order valence-electron chi connectivity index (χ2n) is 5.49. The lowest BCUT2D eigenvalue weighted by Gasteiger charge is -2.08. The van der Waals surface area contributed by atoms with Crippen LogP contribution in [-0.2, 0) is 6.42 Å². The van der Waals surface area contributed by atoms with Crippen molar-refractivity contribution in [2.24, 2.45) is 0 Å². The molecule has 1 amide bonds. The summed E-state index contributed by atoms with van der Waals surface area (Å²) in [5.74, 6) is 0.661. The van der Waals surface area contributed by atoms with Crippen LogP contribution < -0.4 is 5.32 Å². The Balaban J connectivity index is 1.56. The number of nitrogens with one attached hydrogen (secondary N) is 1. The molecule has 0 atom stereocenters. The molecule has 0 saturated heterocycles. The van der Waals surface area contributed by atoms with Gasteiger partial charge in [-0.05, 0) is 30.4 Å². The summed E-state index contributed by atoms with van der Waals surface area (Å²) in [6.45, 7) is 0.551. The summed E-state index contributed by atoms with van der Waals surface area (Å²) in [6.07, 6.45) is 6.30. The lowest BCUT2D eigenvalue weighted by atomic mass is 10.2. The molecular formula is C20H19N3OS. The number of carbonyl (C=O) groups is 1. The first-order valence-electron chi connectivity index (χ1n) is 8.05. The molecule has 4 nitrogen and oxygen atoms in total. The lowest BCUT2D eigenvalue weighted by Crippen LogP contribution is -2.26. The average Bonchev–Trinajstić information content (AvgIpc) is 2.69. The molecule has 5 heteroatoms. The Bertz CT molecular complexity index is 835. The maximum absolute atomic E-state index is 12.3. The predicted molar refractivity (Wildman–Crippen MR) is 102 cm³/mol. The molecule has 0 saturated carbocycles. The molecule has 0 spiro atoms. The summed E-state index contributed by atoms with van der Waals surface area (Å²) >= 11 is 1.57. The smallest absolute Gasteiger partial charge is 0.252 e. The number of rotatable bonds is 6. The summed E-state index contributed by atoms with van der Waals surface area (Å²) in [5, 5.41) is 2.96. The van der Waals surface area contributed by atoms with E-state index in [-0.39, 0.29) is 5.91 Å². The first-order chi connectivity index (χ1) is 12.3. The van der Waals surface area contributed by atoms with Gasteiger partial charge in [0.25, 0.3) is 5.91 Å². The molecule has 0 aliphatic heterocycles. The fourth-order valence-corrected chi connectivity index (χ4v) is 3.06. The zero-order chi connectivity index (χ0) is 17.5. The minimum absolute atomic E-state index is 0.0493. The number of hydrogen-bond donors (Lipinski definition) is 1. The maximum atomic E-state index is 12.3. The molecule has 3 aromatic rings. The third-order valence-corrected chi connectivity index (χ3v) is 4.58. The van der Waals surface area contributed by atoms with Crippen molar-refractivity contribution in [1.82, 2.24) is 15.3 Å². The third kappa shape index (κ3) is 4.45. The van der Waals surface area contributed by atoms with E-state index in [0.717, 1.165) is 16.0 Å². The SMILES string of the molecule is CSc1ccccc1C(=O)NCCc1cnc(-c2ccccc2)nc1. The fourth-order valence-electron chi connectivity index (χ4n) is 2.47. The van der Waals surface area contributed by atoms with Crippen LogP contribution >= 0.6 is 11.8 Å². The average molecular weight is 349 g/mol. The van der Waals surface area contributed by atoms with Gasteiger partial charge in [-0.2, -0.15) is 0 Å². The van der Waals surface area contributed by atoms with Crippen LogP contribution in [0.3, 0.4) is 0 Å². The minimum atomic E-state index is -0.0493. The van der Waals surface area contributed by atoms with Crippen molar-refractivity contribution >= 4 is 17.7 Å². The first kappa shape index (κ1) is 17.2. The number of thioether (sulfide) groups is 1. The minimum Gasteiger partial charge on any atom is -0.352 e. The molecule has 0 unspecified atom stereocenters. The van der Waals surface area contributed by atoms with Crippen LogP contribution in [0.15, 0.2) is 71.9 Å². The number of amides is 1. The van der Waals surface area contributed by atoms with Crippen LogP contribution in [0.4, 0.5) is 0 Å². The summed E-state index contributed by atoms with van der Waals surface area (Å²) in [4.78, 5) is 22.1. The second-order valence-corrected chi connectivity index (χ2v) is 6.34. The third-order valence-electron chi connectivity index (χ3n) is 3.79. The van der Waals surface area contributed by atoms with Crippen molar-refractivity contribution in [1.29, 1.82) is 0 Å². The van der Waals surface area contributed by atoms with Gasteiger partial charge in [-0.3, -0.25) is 4.79 Å². The molecule has 3 rings (SSSR count). The predicted octanol–water partition coefficient (Wildman–Crippen LogP) is 3.84. The molecule has 1 aromatic heterocycles. The highest BCUT2D eigenvalue weighted by molar-refractivity contribution is 7.98. The largest absolute Gasteiger partial charge is 0.352 e. The van der Waals surface area contributed by atoms with Gasteiger partial charge >= 0.3 is 0 Å². The van der Waals surface area contributed by atoms with Gasteiger partial charge in [-0.25, -0.2) is 9.97 Å². The number of benzene rings is 2. The molecule has 25 heavy (non-hydrogen) atoms. The Morgan fingerprint density at radius 3 is 2.40 bits per heavy atom. The first-order valence-corrected chi connectivity index (χ1v) is 9.28. The molecule has 0 aliphatic carbocycles. The van der Waals surface area contributed by atoms with Crippen LogP contribution in [0, 0.1) is 0 Å². The van der Waals surface area contributed by atoms with Crippen molar-refractivity contribution in [3.05, 3.63) is 78.1 Å². The molecule has 126 valence electrons.